The molecule has 1 amide bonds. The summed E-state index contributed by atoms with van der Waals surface area (Å²) in [4.78, 5) is 19.7. The van der Waals surface area contributed by atoms with Gasteiger partial charge in [0.15, 0.2) is 0 Å². The van der Waals surface area contributed by atoms with Gasteiger partial charge in [-0.05, 0) is 37.3 Å². The molecule has 1 fully saturated rings. The van der Waals surface area contributed by atoms with Gasteiger partial charge < -0.3 is 14.2 Å². The number of thiazole rings is 1. The van der Waals surface area contributed by atoms with Crippen LogP contribution in [0.2, 0.25) is 0 Å². The van der Waals surface area contributed by atoms with Gasteiger partial charge in [-0.15, -0.1) is 11.3 Å². The van der Waals surface area contributed by atoms with E-state index >= 15 is 0 Å². The Morgan fingerprint density at radius 2 is 1.90 bits per heavy atom. The molecule has 8 nitrogen and oxygen atoms in total. The largest absolute Gasteiger partial charge is 0.378 e. The molecule has 0 bridgehead atoms. The Labute approximate surface area is 183 Å². The number of amides is 1. The number of aryl methyl sites for hydroxylation is 2. The molecule has 0 spiro atoms. The third-order valence-corrected chi connectivity index (χ3v) is 7.41. The number of anilines is 1. The first-order valence-electron chi connectivity index (χ1n) is 9.54. The minimum atomic E-state index is -3.88. The summed E-state index contributed by atoms with van der Waals surface area (Å²) in [6.07, 6.45) is 1.47. The topological polar surface area (TPSA) is 93.5 Å². The van der Waals surface area contributed by atoms with Crippen LogP contribution in [0, 0.1) is 12.7 Å². The number of rotatable bonds is 5. The predicted octanol–water partition coefficient (Wildman–Crippen LogP) is 2.87. The predicted molar refractivity (Wildman–Crippen MR) is 115 cm³/mol. The van der Waals surface area contributed by atoms with Gasteiger partial charge in [-0.2, -0.15) is 0 Å². The molecule has 1 aliphatic rings. The lowest BCUT2D eigenvalue weighted by Crippen LogP contribution is -2.40. The van der Waals surface area contributed by atoms with Gasteiger partial charge in [-0.3, -0.25) is 9.52 Å². The zero-order chi connectivity index (χ0) is 22.2. The molecule has 11 heteroatoms. The van der Waals surface area contributed by atoms with Crippen LogP contribution in [0.1, 0.15) is 15.4 Å². The maximum Gasteiger partial charge on any atom is 0.266 e. The van der Waals surface area contributed by atoms with Crippen LogP contribution in [0.15, 0.2) is 41.4 Å². The Bertz CT molecular complexity index is 1210. The van der Waals surface area contributed by atoms with E-state index in [-0.39, 0.29) is 16.5 Å². The maximum absolute atomic E-state index is 13.1. The van der Waals surface area contributed by atoms with Crippen molar-refractivity contribution in [2.75, 3.05) is 31.0 Å². The van der Waals surface area contributed by atoms with E-state index in [1.807, 2.05) is 0 Å². The summed E-state index contributed by atoms with van der Waals surface area (Å²) < 4.78 is 48.0. The van der Waals surface area contributed by atoms with Crippen LogP contribution in [-0.4, -0.2) is 55.1 Å². The van der Waals surface area contributed by atoms with E-state index < -0.39 is 15.8 Å². The van der Waals surface area contributed by atoms with Crippen molar-refractivity contribution in [2.45, 2.75) is 11.8 Å². The number of hydrogen-bond donors (Lipinski definition) is 1. The lowest BCUT2D eigenvalue weighted by atomic mass is 10.3. The summed E-state index contributed by atoms with van der Waals surface area (Å²) in [5.41, 5.74) is 1.44. The molecular formula is C20H21FN4O4S2. The standard InChI is InChI=1S/C20H21FN4O4S2/c1-13-18(20(26)25-7-9-29-10-8-25)30-19(22-13)17-11-16(12-24(17)2)31(27,28)23-15-5-3-14(21)4-6-15/h3-6,11-12,23H,7-10H2,1-2H3. The summed E-state index contributed by atoms with van der Waals surface area (Å²) in [6, 6.07) is 6.57. The molecule has 0 aliphatic carbocycles. The molecule has 1 aliphatic heterocycles. The van der Waals surface area contributed by atoms with Crippen LogP contribution in [0.3, 0.4) is 0 Å². The van der Waals surface area contributed by atoms with Crippen LogP contribution in [-0.2, 0) is 21.8 Å². The van der Waals surface area contributed by atoms with E-state index in [9.17, 15) is 17.6 Å². The Kier molecular flexibility index (Phi) is 5.82. The molecule has 1 aromatic carbocycles. The van der Waals surface area contributed by atoms with Gasteiger partial charge >= 0.3 is 0 Å². The van der Waals surface area contributed by atoms with Gasteiger partial charge in [0.25, 0.3) is 15.9 Å². The second-order valence-corrected chi connectivity index (χ2v) is 9.80. The number of benzene rings is 1. The number of carbonyl (C=O) groups excluding carboxylic acids is 1. The van der Waals surface area contributed by atoms with Gasteiger partial charge in [0.1, 0.15) is 20.6 Å². The van der Waals surface area contributed by atoms with Crippen LogP contribution in [0.25, 0.3) is 10.7 Å². The number of morpholine rings is 1. The fourth-order valence-electron chi connectivity index (χ4n) is 3.24. The van der Waals surface area contributed by atoms with E-state index in [1.165, 1.54) is 47.9 Å². The van der Waals surface area contributed by atoms with Crippen molar-refractivity contribution in [1.82, 2.24) is 14.5 Å². The highest BCUT2D eigenvalue weighted by molar-refractivity contribution is 7.92. The third-order valence-electron chi connectivity index (χ3n) is 4.89. The Balaban J connectivity index is 1.60. The van der Waals surface area contributed by atoms with Gasteiger partial charge in [-0.1, -0.05) is 0 Å². The SMILES string of the molecule is Cc1nc(-c2cc(S(=O)(=O)Nc3ccc(F)cc3)cn2C)sc1C(=O)N1CCOCC1. The summed E-state index contributed by atoms with van der Waals surface area (Å²) in [5, 5.41) is 0.555. The Morgan fingerprint density at radius 1 is 1.23 bits per heavy atom. The third kappa shape index (κ3) is 4.48. The van der Waals surface area contributed by atoms with E-state index in [2.05, 4.69) is 9.71 Å². The highest BCUT2D eigenvalue weighted by Crippen LogP contribution is 2.31. The summed E-state index contributed by atoms with van der Waals surface area (Å²) >= 11 is 1.24. The number of hydrogen-bond acceptors (Lipinski definition) is 6. The van der Waals surface area contributed by atoms with E-state index in [1.54, 1.807) is 23.4 Å². The first-order valence-corrected chi connectivity index (χ1v) is 11.8. The number of halogens is 1. The molecule has 0 saturated carbocycles. The molecule has 0 radical (unpaired) electrons. The average molecular weight is 465 g/mol. The average Bonchev–Trinajstić information content (AvgIpc) is 3.33. The highest BCUT2D eigenvalue weighted by atomic mass is 32.2. The molecule has 2 aromatic heterocycles. The highest BCUT2D eigenvalue weighted by Gasteiger charge is 2.25. The van der Waals surface area contributed by atoms with Crippen LogP contribution < -0.4 is 4.72 Å². The Hall–Kier alpha value is -2.76. The number of ether oxygens (including phenoxy) is 1. The second kappa shape index (κ2) is 8.40. The van der Waals surface area contributed by atoms with Gasteiger partial charge in [0.05, 0.1) is 24.6 Å². The molecule has 3 heterocycles. The van der Waals surface area contributed by atoms with E-state index in [4.69, 9.17) is 4.74 Å². The lowest BCUT2D eigenvalue weighted by Gasteiger charge is -2.26. The Morgan fingerprint density at radius 3 is 2.58 bits per heavy atom. The van der Waals surface area contributed by atoms with Gasteiger partial charge in [-0.25, -0.2) is 17.8 Å². The molecule has 164 valence electrons. The quantitative estimate of drug-likeness (QED) is 0.627. The molecule has 3 aromatic rings. The summed E-state index contributed by atoms with van der Waals surface area (Å²) in [5.74, 6) is -0.545. The monoisotopic (exact) mass is 464 g/mol. The molecule has 4 rings (SSSR count). The number of nitrogens with zero attached hydrogens (tertiary/aromatic N) is 3. The van der Waals surface area contributed by atoms with Crippen molar-refractivity contribution >= 4 is 33.0 Å². The minimum absolute atomic E-state index is 0.0447. The van der Waals surface area contributed by atoms with Crippen molar-refractivity contribution in [3.63, 3.8) is 0 Å². The minimum Gasteiger partial charge on any atom is -0.378 e. The summed E-state index contributed by atoms with van der Waals surface area (Å²) in [6.45, 7) is 3.86. The zero-order valence-corrected chi connectivity index (χ0v) is 18.6. The molecule has 31 heavy (non-hydrogen) atoms. The van der Waals surface area contributed by atoms with Gasteiger partial charge in [0.2, 0.25) is 0 Å². The van der Waals surface area contributed by atoms with E-state index in [0.29, 0.717) is 47.6 Å². The van der Waals surface area contributed by atoms with E-state index in [0.717, 1.165) is 0 Å². The van der Waals surface area contributed by atoms with Crippen LogP contribution in [0.4, 0.5) is 10.1 Å². The number of nitrogens with one attached hydrogen (secondary N) is 1. The van der Waals surface area contributed by atoms with Gasteiger partial charge in [0, 0.05) is 32.0 Å². The van der Waals surface area contributed by atoms with Crippen LogP contribution >= 0.6 is 11.3 Å². The lowest BCUT2D eigenvalue weighted by molar-refractivity contribution is 0.0305. The molecule has 0 unspecified atom stereocenters. The number of sulfonamides is 1. The van der Waals surface area contributed by atoms with Crippen molar-refractivity contribution in [3.05, 3.63) is 52.9 Å². The number of carbonyl (C=O) groups is 1. The maximum atomic E-state index is 13.1. The fraction of sp³-hybridized carbons (Fsp3) is 0.300. The first-order chi connectivity index (χ1) is 14.7. The second-order valence-electron chi connectivity index (χ2n) is 7.12. The molecular weight excluding hydrogens is 443 g/mol. The van der Waals surface area contributed by atoms with Crippen molar-refractivity contribution < 1.29 is 22.3 Å². The number of aromatic nitrogens is 2. The molecule has 1 N–H and O–H groups in total. The summed E-state index contributed by atoms with van der Waals surface area (Å²) in [7, 11) is -2.16. The molecule has 0 atom stereocenters. The van der Waals surface area contributed by atoms with Crippen molar-refractivity contribution in [2.24, 2.45) is 7.05 Å². The van der Waals surface area contributed by atoms with Crippen molar-refractivity contribution in [1.29, 1.82) is 0 Å². The van der Waals surface area contributed by atoms with Crippen molar-refractivity contribution in [3.8, 4) is 10.7 Å². The first kappa shape index (κ1) is 21.5. The molecule has 1 saturated heterocycles. The van der Waals surface area contributed by atoms with Crippen LogP contribution in [0.5, 0.6) is 0 Å². The zero-order valence-electron chi connectivity index (χ0n) is 17.0. The fourth-order valence-corrected chi connectivity index (χ4v) is 5.46. The normalized spacial score (nSPS) is 14.6. The smallest absolute Gasteiger partial charge is 0.266 e.